The van der Waals surface area contributed by atoms with Crippen LogP contribution in [0, 0.1) is 0 Å². The highest BCUT2D eigenvalue weighted by Crippen LogP contribution is 2.30. The fourth-order valence-corrected chi connectivity index (χ4v) is 3.65. The van der Waals surface area contributed by atoms with E-state index in [9.17, 15) is 4.79 Å². The Morgan fingerprint density at radius 1 is 0.903 bits per heavy atom. The van der Waals surface area contributed by atoms with Gasteiger partial charge in [0.05, 0.1) is 18.9 Å². The normalized spacial score (nSPS) is 10.6. The molecule has 1 aromatic heterocycles. The fraction of sp³-hybridized carbons (Fsp3) is 0.308. The Bertz CT molecular complexity index is 958. The van der Waals surface area contributed by atoms with Crippen molar-refractivity contribution in [1.29, 1.82) is 0 Å². The van der Waals surface area contributed by atoms with Crippen LogP contribution in [-0.4, -0.2) is 30.4 Å². The molecular weight excluding hydrogens is 406 g/mol. The smallest absolute Gasteiger partial charge is 0.305 e. The Morgan fingerprint density at radius 3 is 2.39 bits per heavy atom. The quantitative estimate of drug-likeness (QED) is 0.192. The Kier molecular flexibility index (Phi) is 8.98. The number of pyridine rings is 1. The third kappa shape index (κ3) is 7.14. The van der Waals surface area contributed by atoms with E-state index in [-0.39, 0.29) is 5.97 Å². The van der Waals surface area contributed by atoms with Gasteiger partial charge in [0, 0.05) is 22.9 Å². The second-order valence-electron chi connectivity index (χ2n) is 7.14. The molecule has 162 valence electrons. The Hall–Kier alpha value is -2.79. The SMILES string of the molecule is CCOC(=O)CCCCCOc1cc(-c2ccc(SC)cc2)cc(-c2ccccc2)n1. The monoisotopic (exact) mass is 435 g/mol. The van der Waals surface area contributed by atoms with Crippen molar-refractivity contribution in [2.45, 2.75) is 37.5 Å². The van der Waals surface area contributed by atoms with Gasteiger partial charge in [0.25, 0.3) is 0 Å². The molecule has 0 unspecified atom stereocenters. The van der Waals surface area contributed by atoms with Crippen LogP contribution in [0.3, 0.4) is 0 Å². The number of aromatic nitrogens is 1. The number of thioether (sulfide) groups is 1. The molecule has 0 aliphatic carbocycles. The maximum absolute atomic E-state index is 11.4. The molecule has 0 spiro atoms. The number of ether oxygens (including phenoxy) is 2. The van der Waals surface area contributed by atoms with Crippen LogP contribution in [0.5, 0.6) is 5.88 Å². The molecule has 1 heterocycles. The van der Waals surface area contributed by atoms with Crippen LogP contribution < -0.4 is 4.74 Å². The largest absolute Gasteiger partial charge is 0.478 e. The van der Waals surface area contributed by atoms with Crippen LogP contribution in [0.1, 0.15) is 32.6 Å². The van der Waals surface area contributed by atoms with Gasteiger partial charge in [-0.1, -0.05) is 42.5 Å². The summed E-state index contributed by atoms with van der Waals surface area (Å²) in [7, 11) is 0. The molecule has 0 fully saturated rings. The summed E-state index contributed by atoms with van der Waals surface area (Å²) >= 11 is 1.73. The minimum absolute atomic E-state index is 0.127. The third-order valence-corrected chi connectivity index (χ3v) is 5.62. The van der Waals surface area contributed by atoms with Crippen molar-refractivity contribution in [2.75, 3.05) is 19.5 Å². The lowest BCUT2D eigenvalue weighted by Gasteiger charge is -2.11. The summed E-state index contributed by atoms with van der Waals surface area (Å²) in [5.74, 6) is 0.494. The van der Waals surface area contributed by atoms with Crippen molar-refractivity contribution in [3.05, 3.63) is 66.7 Å². The van der Waals surface area contributed by atoms with E-state index in [2.05, 4.69) is 48.7 Å². The summed E-state index contributed by atoms with van der Waals surface area (Å²) in [6.07, 6.45) is 5.14. The van der Waals surface area contributed by atoms with Crippen molar-refractivity contribution in [2.24, 2.45) is 0 Å². The Labute approximate surface area is 189 Å². The number of rotatable bonds is 11. The summed E-state index contributed by atoms with van der Waals surface area (Å²) < 4.78 is 11.0. The topological polar surface area (TPSA) is 48.4 Å². The first-order valence-corrected chi connectivity index (χ1v) is 11.9. The standard InChI is InChI=1S/C26H29NO3S/c1-3-29-26(28)12-8-5-9-17-30-25-19-22(20-13-15-23(31-2)16-14-20)18-24(27-25)21-10-6-4-7-11-21/h4,6-7,10-11,13-16,18-19H,3,5,8-9,12,17H2,1-2H3. The van der Waals surface area contributed by atoms with Crippen LogP contribution in [0.15, 0.2) is 71.6 Å². The number of hydrogen-bond donors (Lipinski definition) is 0. The van der Waals surface area contributed by atoms with Crippen LogP contribution in [0.4, 0.5) is 0 Å². The highest BCUT2D eigenvalue weighted by atomic mass is 32.2. The first kappa shape index (κ1) is 22.9. The molecule has 4 nitrogen and oxygen atoms in total. The number of unbranched alkanes of at least 4 members (excludes halogenated alkanes) is 2. The lowest BCUT2D eigenvalue weighted by atomic mass is 10.0. The first-order chi connectivity index (χ1) is 15.2. The zero-order chi connectivity index (χ0) is 21.9. The van der Waals surface area contributed by atoms with Gasteiger partial charge < -0.3 is 9.47 Å². The lowest BCUT2D eigenvalue weighted by Crippen LogP contribution is -2.04. The molecular formula is C26H29NO3S. The van der Waals surface area contributed by atoms with Crippen LogP contribution in [0.25, 0.3) is 22.4 Å². The van der Waals surface area contributed by atoms with Crippen LogP contribution in [0.2, 0.25) is 0 Å². The zero-order valence-corrected chi connectivity index (χ0v) is 19.0. The number of nitrogens with zero attached hydrogens (tertiary/aromatic N) is 1. The van der Waals surface area contributed by atoms with Crippen LogP contribution in [-0.2, 0) is 9.53 Å². The summed E-state index contributed by atoms with van der Waals surface area (Å²) in [5, 5.41) is 0. The second-order valence-corrected chi connectivity index (χ2v) is 8.02. The van der Waals surface area contributed by atoms with Gasteiger partial charge >= 0.3 is 5.97 Å². The molecule has 0 atom stereocenters. The van der Waals surface area contributed by atoms with Gasteiger partial charge in [-0.25, -0.2) is 4.98 Å². The first-order valence-electron chi connectivity index (χ1n) is 10.7. The van der Waals surface area contributed by atoms with E-state index in [4.69, 9.17) is 14.5 Å². The molecule has 0 aliphatic rings. The zero-order valence-electron chi connectivity index (χ0n) is 18.2. The van der Waals surface area contributed by atoms with Gasteiger partial charge in [0.15, 0.2) is 0 Å². The Balaban J connectivity index is 1.69. The molecule has 0 N–H and O–H groups in total. The van der Waals surface area contributed by atoms with Gasteiger partial charge in [0.1, 0.15) is 0 Å². The fourth-order valence-electron chi connectivity index (χ4n) is 3.24. The van der Waals surface area contributed by atoms with E-state index in [1.165, 1.54) is 4.90 Å². The molecule has 5 heteroatoms. The molecule has 0 saturated heterocycles. The number of hydrogen-bond acceptors (Lipinski definition) is 5. The van der Waals surface area contributed by atoms with Gasteiger partial charge in [-0.3, -0.25) is 4.79 Å². The molecule has 0 radical (unpaired) electrons. The summed E-state index contributed by atoms with van der Waals surface area (Å²) in [6, 6.07) is 22.8. The third-order valence-electron chi connectivity index (χ3n) is 4.88. The van der Waals surface area contributed by atoms with E-state index in [1.54, 1.807) is 11.8 Å². The van der Waals surface area contributed by atoms with E-state index in [0.717, 1.165) is 41.6 Å². The molecule has 0 bridgehead atoms. The molecule has 3 aromatic rings. The highest BCUT2D eigenvalue weighted by molar-refractivity contribution is 7.98. The van der Waals surface area contributed by atoms with E-state index in [0.29, 0.717) is 25.5 Å². The van der Waals surface area contributed by atoms with Crippen molar-refractivity contribution in [3.63, 3.8) is 0 Å². The molecule has 0 saturated carbocycles. The summed E-state index contributed by atoms with van der Waals surface area (Å²) in [6.45, 7) is 2.83. The van der Waals surface area contributed by atoms with Crippen molar-refractivity contribution in [3.8, 4) is 28.3 Å². The highest BCUT2D eigenvalue weighted by Gasteiger charge is 2.09. The van der Waals surface area contributed by atoms with Crippen molar-refractivity contribution < 1.29 is 14.3 Å². The number of carbonyl (C=O) groups is 1. The second kappa shape index (κ2) is 12.2. The average Bonchev–Trinajstić information content (AvgIpc) is 2.82. The predicted octanol–water partition coefficient (Wildman–Crippen LogP) is 6.64. The van der Waals surface area contributed by atoms with Crippen molar-refractivity contribution >= 4 is 17.7 Å². The Morgan fingerprint density at radius 2 is 1.68 bits per heavy atom. The van der Waals surface area contributed by atoms with Gasteiger partial charge in [-0.2, -0.15) is 0 Å². The minimum atomic E-state index is -0.127. The van der Waals surface area contributed by atoms with Crippen molar-refractivity contribution in [1.82, 2.24) is 4.98 Å². The van der Waals surface area contributed by atoms with Crippen LogP contribution >= 0.6 is 11.8 Å². The van der Waals surface area contributed by atoms with Gasteiger partial charge in [-0.05, 0) is 61.8 Å². The number of benzene rings is 2. The predicted molar refractivity (Wildman–Crippen MR) is 127 cm³/mol. The molecule has 0 aliphatic heterocycles. The lowest BCUT2D eigenvalue weighted by molar-refractivity contribution is -0.143. The maximum Gasteiger partial charge on any atom is 0.305 e. The minimum Gasteiger partial charge on any atom is -0.478 e. The number of carbonyl (C=O) groups excluding carboxylic acids is 1. The maximum atomic E-state index is 11.4. The summed E-state index contributed by atoms with van der Waals surface area (Å²) in [4.78, 5) is 17.4. The van der Waals surface area contributed by atoms with E-state index >= 15 is 0 Å². The molecule has 2 aromatic carbocycles. The average molecular weight is 436 g/mol. The molecule has 31 heavy (non-hydrogen) atoms. The van der Waals surface area contributed by atoms with Gasteiger partial charge in [0.2, 0.25) is 5.88 Å². The molecule has 0 amide bonds. The van der Waals surface area contributed by atoms with Gasteiger partial charge in [-0.15, -0.1) is 11.8 Å². The van der Waals surface area contributed by atoms with E-state index in [1.807, 2.05) is 31.2 Å². The molecule has 3 rings (SSSR count). The van der Waals surface area contributed by atoms with E-state index < -0.39 is 0 Å². The summed E-state index contributed by atoms with van der Waals surface area (Å²) in [5.41, 5.74) is 4.17. The number of esters is 1.